The number of ether oxygens (including phenoxy) is 1. The van der Waals surface area contributed by atoms with Crippen molar-refractivity contribution in [3.05, 3.63) is 77.9 Å². The summed E-state index contributed by atoms with van der Waals surface area (Å²) in [5.74, 6) is -0.661. The minimum atomic E-state index is -0.656. The highest BCUT2D eigenvalue weighted by Gasteiger charge is 2.25. The molecule has 0 spiro atoms. The van der Waals surface area contributed by atoms with Gasteiger partial charge in [-0.1, -0.05) is 80.6 Å². The van der Waals surface area contributed by atoms with Crippen LogP contribution >= 0.6 is 0 Å². The van der Waals surface area contributed by atoms with E-state index in [0.29, 0.717) is 0 Å². The summed E-state index contributed by atoms with van der Waals surface area (Å²) in [5, 5.41) is 2.79. The van der Waals surface area contributed by atoms with E-state index in [2.05, 4.69) is 5.32 Å². The third-order valence-corrected chi connectivity index (χ3v) is 3.88. The Morgan fingerprint density at radius 1 is 1.00 bits per heavy atom. The van der Waals surface area contributed by atoms with Gasteiger partial charge in [-0.15, -0.1) is 0 Å². The molecule has 2 aromatic carbocycles. The predicted octanol–water partition coefficient (Wildman–Crippen LogP) is 3.63. The minimum absolute atomic E-state index is 0.0553. The first kappa shape index (κ1) is 19.4. The van der Waals surface area contributed by atoms with E-state index in [4.69, 9.17) is 4.74 Å². The van der Waals surface area contributed by atoms with Gasteiger partial charge in [0.1, 0.15) is 12.6 Å². The van der Waals surface area contributed by atoms with E-state index in [9.17, 15) is 9.59 Å². The highest BCUT2D eigenvalue weighted by molar-refractivity contribution is 5.85. The van der Waals surface area contributed by atoms with Crippen molar-refractivity contribution in [1.29, 1.82) is 0 Å². The van der Waals surface area contributed by atoms with Gasteiger partial charge in [0.2, 0.25) is 5.91 Å². The zero-order chi connectivity index (χ0) is 18.8. The monoisotopic (exact) mass is 351 g/mol. The molecule has 0 aliphatic rings. The molecule has 0 bridgehead atoms. The van der Waals surface area contributed by atoms with Gasteiger partial charge in [0.25, 0.3) is 0 Å². The molecule has 0 aromatic heterocycles. The molecule has 0 heterocycles. The topological polar surface area (TPSA) is 55.4 Å². The van der Waals surface area contributed by atoms with E-state index < -0.39 is 12.0 Å². The molecule has 26 heavy (non-hydrogen) atoms. The highest BCUT2D eigenvalue weighted by atomic mass is 16.5. The van der Waals surface area contributed by atoms with Crippen LogP contribution in [0.4, 0.5) is 0 Å². The number of hydrogen-bond donors (Lipinski definition) is 1. The average molecular weight is 351 g/mol. The van der Waals surface area contributed by atoms with Crippen molar-refractivity contribution in [3.8, 4) is 0 Å². The normalized spacial score (nSPS) is 12.1. The van der Waals surface area contributed by atoms with Crippen LogP contribution in [0.1, 0.15) is 25.0 Å². The van der Waals surface area contributed by atoms with Gasteiger partial charge in [0.05, 0.1) is 6.42 Å². The summed E-state index contributed by atoms with van der Waals surface area (Å²) in [6.45, 7) is 3.94. The molecule has 136 valence electrons. The Balaban J connectivity index is 1.84. The smallest absolute Gasteiger partial charge is 0.329 e. The fourth-order valence-electron chi connectivity index (χ4n) is 2.47. The first-order valence-corrected chi connectivity index (χ1v) is 8.78. The van der Waals surface area contributed by atoms with Gasteiger partial charge in [-0.05, 0) is 23.1 Å². The first-order chi connectivity index (χ1) is 12.6. The van der Waals surface area contributed by atoms with Crippen LogP contribution in [0, 0.1) is 5.92 Å². The van der Waals surface area contributed by atoms with E-state index in [1.54, 1.807) is 6.08 Å². The molecule has 1 N–H and O–H groups in total. The van der Waals surface area contributed by atoms with Crippen molar-refractivity contribution in [1.82, 2.24) is 5.32 Å². The molecule has 2 aromatic rings. The summed E-state index contributed by atoms with van der Waals surface area (Å²) >= 11 is 0. The zero-order valence-electron chi connectivity index (χ0n) is 15.2. The summed E-state index contributed by atoms with van der Waals surface area (Å²) in [4.78, 5) is 24.5. The fraction of sp³-hybridized carbons (Fsp3) is 0.273. The quantitative estimate of drug-likeness (QED) is 0.739. The van der Waals surface area contributed by atoms with Crippen molar-refractivity contribution in [2.75, 3.05) is 6.61 Å². The minimum Gasteiger partial charge on any atom is -0.460 e. The van der Waals surface area contributed by atoms with E-state index in [1.807, 2.05) is 80.6 Å². The first-order valence-electron chi connectivity index (χ1n) is 8.78. The third-order valence-electron chi connectivity index (χ3n) is 3.88. The van der Waals surface area contributed by atoms with Crippen LogP contribution in [-0.2, 0) is 20.7 Å². The molecule has 1 atom stereocenters. The van der Waals surface area contributed by atoms with Gasteiger partial charge >= 0.3 is 5.97 Å². The predicted molar refractivity (Wildman–Crippen MR) is 103 cm³/mol. The largest absolute Gasteiger partial charge is 0.460 e. The molecule has 4 nitrogen and oxygen atoms in total. The van der Waals surface area contributed by atoms with Crippen molar-refractivity contribution < 1.29 is 14.3 Å². The van der Waals surface area contributed by atoms with Crippen molar-refractivity contribution >= 4 is 18.0 Å². The second-order valence-corrected chi connectivity index (χ2v) is 6.39. The molecule has 0 radical (unpaired) electrons. The van der Waals surface area contributed by atoms with Gasteiger partial charge in [0, 0.05) is 0 Å². The molecule has 0 aliphatic heterocycles. The van der Waals surface area contributed by atoms with Crippen LogP contribution in [0.25, 0.3) is 6.08 Å². The van der Waals surface area contributed by atoms with Crippen LogP contribution in [0.5, 0.6) is 0 Å². The number of amides is 1. The molecule has 0 saturated heterocycles. The number of benzene rings is 2. The number of nitrogens with one attached hydrogen (secondary N) is 1. The van der Waals surface area contributed by atoms with E-state index in [1.165, 1.54) is 0 Å². The van der Waals surface area contributed by atoms with Crippen LogP contribution < -0.4 is 5.32 Å². The fourth-order valence-corrected chi connectivity index (χ4v) is 2.47. The molecule has 0 unspecified atom stereocenters. The van der Waals surface area contributed by atoms with Crippen LogP contribution in [0.3, 0.4) is 0 Å². The average Bonchev–Trinajstić information content (AvgIpc) is 2.64. The Bertz CT molecular complexity index is 724. The second-order valence-electron chi connectivity index (χ2n) is 6.39. The molecule has 1 amide bonds. The number of carbonyl (C=O) groups excluding carboxylic acids is 2. The SMILES string of the molecule is CC(C)[C@H](NC(=O)Cc1ccccc1)C(=O)OC/C=C/c1ccccc1. The third kappa shape index (κ3) is 6.55. The van der Waals surface area contributed by atoms with E-state index >= 15 is 0 Å². The standard InChI is InChI=1S/C22H25NO3/c1-17(2)21(23-20(24)16-19-12-7-4-8-13-19)22(25)26-15-9-14-18-10-5-3-6-11-18/h3-14,17,21H,15-16H2,1-2H3,(H,23,24)/b14-9+/t21-/m0/s1. The number of esters is 1. The molecule has 0 fully saturated rings. The summed E-state index contributed by atoms with van der Waals surface area (Å²) in [6.07, 6.45) is 3.92. The number of hydrogen-bond acceptors (Lipinski definition) is 3. The summed E-state index contributed by atoms with van der Waals surface area (Å²) < 4.78 is 5.30. The Labute approximate surface area is 154 Å². The van der Waals surface area contributed by atoms with Crippen molar-refractivity contribution in [2.45, 2.75) is 26.3 Å². The molecule has 2 rings (SSSR count). The Kier molecular flexibility index (Phi) is 7.62. The van der Waals surface area contributed by atoms with E-state index in [0.717, 1.165) is 11.1 Å². The maximum atomic E-state index is 12.3. The Morgan fingerprint density at radius 3 is 2.23 bits per heavy atom. The maximum absolute atomic E-state index is 12.3. The van der Waals surface area contributed by atoms with Crippen molar-refractivity contribution in [2.24, 2.45) is 5.92 Å². The van der Waals surface area contributed by atoms with Gasteiger partial charge in [0.15, 0.2) is 0 Å². The van der Waals surface area contributed by atoms with Gasteiger partial charge < -0.3 is 10.1 Å². The lowest BCUT2D eigenvalue weighted by atomic mass is 10.0. The zero-order valence-corrected chi connectivity index (χ0v) is 15.2. The summed E-state index contributed by atoms with van der Waals surface area (Å²) in [7, 11) is 0. The molecular formula is C22H25NO3. The van der Waals surface area contributed by atoms with Gasteiger partial charge in [-0.25, -0.2) is 4.79 Å². The van der Waals surface area contributed by atoms with Gasteiger partial charge in [-0.2, -0.15) is 0 Å². The molecule has 4 heteroatoms. The summed E-state index contributed by atoms with van der Waals surface area (Å²) in [6, 6.07) is 18.6. The second kappa shape index (κ2) is 10.2. The Morgan fingerprint density at radius 2 is 1.62 bits per heavy atom. The number of carbonyl (C=O) groups is 2. The summed E-state index contributed by atoms with van der Waals surface area (Å²) in [5.41, 5.74) is 1.95. The number of rotatable bonds is 8. The van der Waals surface area contributed by atoms with Crippen LogP contribution in [-0.4, -0.2) is 24.5 Å². The van der Waals surface area contributed by atoms with Crippen LogP contribution in [0.15, 0.2) is 66.7 Å². The van der Waals surface area contributed by atoms with E-state index in [-0.39, 0.29) is 24.9 Å². The Hall–Kier alpha value is -2.88. The van der Waals surface area contributed by atoms with Crippen LogP contribution in [0.2, 0.25) is 0 Å². The maximum Gasteiger partial charge on any atom is 0.329 e. The lowest BCUT2D eigenvalue weighted by molar-refractivity contribution is -0.148. The molecular weight excluding hydrogens is 326 g/mol. The van der Waals surface area contributed by atoms with Crippen molar-refractivity contribution in [3.63, 3.8) is 0 Å². The van der Waals surface area contributed by atoms with Gasteiger partial charge in [-0.3, -0.25) is 4.79 Å². The lowest BCUT2D eigenvalue weighted by Gasteiger charge is -2.20. The molecule has 0 aliphatic carbocycles. The lowest BCUT2D eigenvalue weighted by Crippen LogP contribution is -2.45. The highest BCUT2D eigenvalue weighted by Crippen LogP contribution is 2.07. The molecule has 0 saturated carbocycles.